The van der Waals surface area contributed by atoms with Crippen molar-refractivity contribution < 1.29 is 9.32 Å². The number of carbonyl (C=O) groups is 1. The topological polar surface area (TPSA) is 76.2 Å². The zero-order valence-electron chi connectivity index (χ0n) is 15.3. The molecule has 140 valence electrons. The third kappa shape index (κ3) is 4.25. The summed E-state index contributed by atoms with van der Waals surface area (Å²) in [5, 5.41) is 7.15. The Hall–Kier alpha value is -2.93. The molecular weight excluding hydrogens is 342 g/mol. The van der Waals surface area contributed by atoms with Crippen molar-refractivity contribution in [1.29, 1.82) is 0 Å². The quantitative estimate of drug-likeness (QED) is 0.750. The molecule has 1 atom stereocenters. The number of pyridine rings is 1. The van der Waals surface area contributed by atoms with Crippen LogP contribution in [0.5, 0.6) is 0 Å². The first-order valence-corrected chi connectivity index (χ1v) is 9.12. The molecule has 0 aromatic carbocycles. The molecule has 0 aliphatic carbocycles. The van der Waals surface area contributed by atoms with Crippen LogP contribution in [0.2, 0.25) is 0 Å². The number of hydrogen-bond donors (Lipinski definition) is 1. The number of aromatic nitrogens is 3. The highest BCUT2D eigenvalue weighted by molar-refractivity contribution is 5.78. The highest BCUT2D eigenvalue weighted by Gasteiger charge is 2.27. The molecule has 1 N–H and O–H groups in total. The van der Waals surface area contributed by atoms with Crippen molar-refractivity contribution in [3.63, 3.8) is 0 Å². The minimum Gasteiger partial charge on any atom is -0.361 e. The molecule has 27 heavy (non-hydrogen) atoms. The van der Waals surface area contributed by atoms with Gasteiger partial charge in [-0.2, -0.15) is 0 Å². The number of rotatable bonds is 5. The average Bonchev–Trinajstić information content (AvgIpc) is 3.24. The standard InChI is InChI=1S/C20H23N5O2/c1-15-8-18(23-27-15)13-24-11-17(12-25-7-3-5-19(25)14-24)20(26)22-10-16-4-2-6-21-9-16/h2-9,17H,10-14H2,1H3,(H,22,26)/t17-/m1/s1. The number of aryl methyl sites for hydroxylation is 1. The summed E-state index contributed by atoms with van der Waals surface area (Å²) in [6, 6.07) is 9.92. The van der Waals surface area contributed by atoms with E-state index in [-0.39, 0.29) is 11.8 Å². The van der Waals surface area contributed by atoms with Crippen LogP contribution in [-0.2, 0) is 31.0 Å². The second kappa shape index (κ2) is 7.75. The zero-order valence-corrected chi connectivity index (χ0v) is 15.3. The summed E-state index contributed by atoms with van der Waals surface area (Å²) in [6.45, 7) is 5.17. The molecule has 0 bridgehead atoms. The van der Waals surface area contributed by atoms with Gasteiger partial charge in [-0.05, 0) is 30.7 Å². The molecule has 3 aromatic rings. The monoisotopic (exact) mass is 365 g/mol. The number of hydrogen-bond acceptors (Lipinski definition) is 5. The van der Waals surface area contributed by atoms with Crippen LogP contribution < -0.4 is 5.32 Å². The number of amides is 1. The molecule has 0 saturated carbocycles. The molecule has 4 rings (SSSR count). The average molecular weight is 365 g/mol. The lowest BCUT2D eigenvalue weighted by Crippen LogP contribution is -2.38. The van der Waals surface area contributed by atoms with E-state index in [2.05, 4.69) is 31.0 Å². The summed E-state index contributed by atoms with van der Waals surface area (Å²) < 4.78 is 7.36. The van der Waals surface area contributed by atoms with E-state index >= 15 is 0 Å². The molecular formula is C20H23N5O2. The summed E-state index contributed by atoms with van der Waals surface area (Å²) >= 11 is 0. The second-order valence-electron chi connectivity index (χ2n) is 7.03. The van der Waals surface area contributed by atoms with E-state index in [0.29, 0.717) is 26.2 Å². The maximum Gasteiger partial charge on any atom is 0.226 e. The van der Waals surface area contributed by atoms with Gasteiger partial charge in [-0.1, -0.05) is 11.2 Å². The largest absolute Gasteiger partial charge is 0.361 e. The summed E-state index contributed by atoms with van der Waals surface area (Å²) in [6.07, 6.45) is 5.55. The molecule has 3 aromatic heterocycles. The summed E-state index contributed by atoms with van der Waals surface area (Å²) in [5.74, 6) is 0.721. The van der Waals surface area contributed by atoms with E-state index in [4.69, 9.17) is 4.52 Å². The van der Waals surface area contributed by atoms with Gasteiger partial charge in [0.15, 0.2) is 0 Å². The third-order valence-corrected chi connectivity index (χ3v) is 4.83. The number of nitrogens with zero attached hydrogens (tertiary/aromatic N) is 4. The molecule has 0 unspecified atom stereocenters. The van der Waals surface area contributed by atoms with Gasteiger partial charge in [-0.3, -0.25) is 14.7 Å². The minimum absolute atomic E-state index is 0.0572. The first-order chi connectivity index (χ1) is 13.2. The van der Waals surface area contributed by atoms with Crippen LogP contribution in [0.3, 0.4) is 0 Å². The Morgan fingerprint density at radius 2 is 2.26 bits per heavy atom. The van der Waals surface area contributed by atoms with Gasteiger partial charge in [-0.15, -0.1) is 0 Å². The van der Waals surface area contributed by atoms with Gasteiger partial charge < -0.3 is 14.4 Å². The van der Waals surface area contributed by atoms with Crippen molar-refractivity contribution in [2.24, 2.45) is 5.92 Å². The highest BCUT2D eigenvalue weighted by Crippen LogP contribution is 2.19. The summed E-state index contributed by atoms with van der Waals surface area (Å²) in [7, 11) is 0. The zero-order chi connectivity index (χ0) is 18.6. The van der Waals surface area contributed by atoms with E-state index in [9.17, 15) is 4.79 Å². The SMILES string of the molecule is Cc1cc(CN2Cc3cccn3C[C@H](C(=O)NCc3cccnc3)C2)no1. The predicted molar refractivity (Wildman–Crippen MR) is 99.4 cm³/mol. The number of carbonyl (C=O) groups excluding carboxylic acids is 1. The van der Waals surface area contributed by atoms with Crippen LogP contribution in [-0.4, -0.2) is 32.1 Å². The summed E-state index contributed by atoms with van der Waals surface area (Å²) in [4.78, 5) is 19.2. The third-order valence-electron chi connectivity index (χ3n) is 4.83. The smallest absolute Gasteiger partial charge is 0.226 e. The Bertz CT molecular complexity index is 902. The van der Waals surface area contributed by atoms with Crippen LogP contribution in [0.25, 0.3) is 0 Å². The van der Waals surface area contributed by atoms with Gasteiger partial charge in [0.05, 0.1) is 11.6 Å². The maximum atomic E-state index is 12.9. The number of nitrogens with one attached hydrogen (secondary N) is 1. The lowest BCUT2D eigenvalue weighted by molar-refractivity contribution is -0.126. The normalized spacial score (nSPS) is 17.3. The first-order valence-electron chi connectivity index (χ1n) is 9.12. The Kier molecular flexibility index (Phi) is 5.02. The summed E-state index contributed by atoms with van der Waals surface area (Å²) in [5.41, 5.74) is 3.09. The van der Waals surface area contributed by atoms with Crippen LogP contribution in [0.15, 0.2) is 53.4 Å². The van der Waals surface area contributed by atoms with Crippen LogP contribution in [0.4, 0.5) is 0 Å². The van der Waals surface area contributed by atoms with Crippen molar-refractivity contribution in [2.45, 2.75) is 33.1 Å². The van der Waals surface area contributed by atoms with Gasteiger partial charge in [0.1, 0.15) is 5.76 Å². The van der Waals surface area contributed by atoms with E-state index in [1.54, 1.807) is 12.4 Å². The van der Waals surface area contributed by atoms with Crippen molar-refractivity contribution in [3.05, 3.63) is 71.6 Å². The van der Waals surface area contributed by atoms with Crippen molar-refractivity contribution in [2.75, 3.05) is 6.54 Å². The van der Waals surface area contributed by atoms with Gasteiger partial charge in [0.25, 0.3) is 0 Å². The fraction of sp³-hybridized carbons (Fsp3) is 0.350. The van der Waals surface area contributed by atoms with E-state index in [1.807, 2.05) is 37.4 Å². The molecule has 0 radical (unpaired) electrons. The van der Waals surface area contributed by atoms with Gasteiger partial charge >= 0.3 is 0 Å². The Morgan fingerprint density at radius 3 is 3.04 bits per heavy atom. The van der Waals surface area contributed by atoms with Crippen LogP contribution in [0, 0.1) is 12.8 Å². The molecule has 4 heterocycles. The van der Waals surface area contributed by atoms with Crippen molar-refractivity contribution >= 4 is 5.91 Å². The minimum atomic E-state index is -0.136. The molecule has 0 saturated heterocycles. The van der Waals surface area contributed by atoms with Crippen LogP contribution in [0.1, 0.15) is 22.7 Å². The second-order valence-corrected chi connectivity index (χ2v) is 7.03. The Morgan fingerprint density at radius 1 is 1.33 bits per heavy atom. The molecule has 1 aliphatic rings. The van der Waals surface area contributed by atoms with Gasteiger partial charge in [0, 0.05) is 63.1 Å². The van der Waals surface area contributed by atoms with Crippen molar-refractivity contribution in [3.8, 4) is 0 Å². The Balaban J connectivity index is 1.46. The van der Waals surface area contributed by atoms with E-state index < -0.39 is 0 Å². The molecule has 1 amide bonds. The molecule has 7 heteroatoms. The predicted octanol–water partition coefficient (Wildman–Crippen LogP) is 2.13. The lowest BCUT2D eigenvalue weighted by Gasteiger charge is -2.22. The highest BCUT2D eigenvalue weighted by atomic mass is 16.5. The van der Waals surface area contributed by atoms with Crippen LogP contribution >= 0.6 is 0 Å². The molecule has 1 aliphatic heterocycles. The van der Waals surface area contributed by atoms with E-state index in [0.717, 1.165) is 23.6 Å². The Labute approximate surface area is 158 Å². The van der Waals surface area contributed by atoms with Gasteiger partial charge in [0.2, 0.25) is 5.91 Å². The van der Waals surface area contributed by atoms with E-state index in [1.165, 1.54) is 5.69 Å². The maximum absolute atomic E-state index is 12.9. The number of fused-ring (bicyclic) bond motifs is 1. The van der Waals surface area contributed by atoms with Crippen molar-refractivity contribution in [1.82, 2.24) is 24.9 Å². The molecule has 0 spiro atoms. The fourth-order valence-corrected chi connectivity index (χ4v) is 3.52. The molecule has 7 nitrogen and oxygen atoms in total. The van der Waals surface area contributed by atoms with Gasteiger partial charge in [-0.25, -0.2) is 0 Å². The fourth-order valence-electron chi connectivity index (χ4n) is 3.52. The molecule has 0 fully saturated rings. The lowest BCUT2D eigenvalue weighted by atomic mass is 10.1. The first kappa shape index (κ1) is 17.5.